The molecule has 2 heterocycles. The first-order chi connectivity index (χ1) is 5.38. The highest BCUT2D eigenvalue weighted by molar-refractivity contribution is 5.26. The van der Waals surface area contributed by atoms with E-state index < -0.39 is 0 Å². The van der Waals surface area contributed by atoms with Crippen LogP contribution in [0.25, 0.3) is 0 Å². The maximum absolute atomic E-state index is 4.02. The molecule has 1 aliphatic heterocycles. The Bertz CT molecular complexity index is 253. The van der Waals surface area contributed by atoms with Crippen molar-refractivity contribution in [1.29, 1.82) is 0 Å². The van der Waals surface area contributed by atoms with Gasteiger partial charge in [-0.3, -0.25) is 4.57 Å². The van der Waals surface area contributed by atoms with Gasteiger partial charge in [0, 0.05) is 13.1 Å². The molecule has 0 aromatic carbocycles. The lowest BCUT2D eigenvalue weighted by atomic mass is 10.3. The molecular formula is C7H12N4. The van der Waals surface area contributed by atoms with Gasteiger partial charge in [0.2, 0.25) is 5.95 Å². The van der Waals surface area contributed by atoms with Gasteiger partial charge in [-0.05, 0) is 19.8 Å². The molecule has 0 bridgehead atoms. The molecule has 0 amide bonds. The van der Waals surface area contributed by atoms with E-state index in [0.29, 0.717) is 0 Å². The third kappa shape index (κ3) is 1.08. The van der Waals surface area contributed by atoms with E-state index in [4.69, 9.17) is 0 Å². The van der Waals surface area contributed by atoms with Crippen molar-refractivity contribution in [3.05, 3.63) is 5.82 Å². The number of anilines is 1. The summed E-state index contributed by atoms with van der Waals surface area (Å²) >= 11 is 0. The number of hydrogen-bond acceptors (Lipinski definition) is 3. The molecule has 0 fully saturated rings. The van der Waals surface area contributed by atoms with Crippen LogP contribution in [0.15, 0.2) is 0 Å². The Labute approximate surface area is 65.6 Å². The molecule has 0 radical (unpaired) electrons. The van der Waals surface area contributed by atoms with E-state index in [1.165, 1.54) is 12.8 Å². The molecular weight excluding hydrogens is 140 g/mol. The van der Waals surface area contributed by atoms with Crippen LogP contribution in [0.4, 0.5) is 5.95 Å². The van der Waals surface area contributed by atoms with E-state index in [-0.39, 0.29) is 0 Å². The summed E-state index contributed by atoms with van der Waals surface area (Å²) in [4.78, 5) is 0. The van der Waals surface area contributed by atoms with Crippen molar-refractivity contribution in [3.63, 3.8) is 0 Å². The first-order valence-corrected chi connectivity index (χ1v) is 4.01. The van der Waals surface area contributed by atoms with Crippen LogP contribution >= 0.6 is 0 Å². The van der Waals surface area contributed by atoms with Crippen LogP contribution < -0.4 is 5.32 Å². The summed E-state index contributed by atoms with van der Waals surface area (Å²) in [5.41, 5.74) is 0. The first kappa shape index (κ1) is 6.64. The van der Waals surface area contributed by atoms with E-state index in [1.807, 2.05) is 6.92 Å². The predicted molar refractivity (Wildman–Crippen MR) is 42.5 cm³/mol. The molecule has 11 heavy (non-hydrogen) atoms. The summed E-state index contributed by atoms with van der Waals surface area (Å²) in [5.74, 6) is 1.94. The van der Waals surface area contributed by atoms with E-state index in [9.17, 15) is 0 Å². The molecule has 1 aliphatic rings. The average Bonchev–Trinajstić information content (AvgIpc) is 2.25. The summed E-state index contributed by atoms with van der Waals surface area (Å²) in [7, 11) is 0. The van der Waals surface area contributed by atoms with Crippen molar-refractivity contribution < 1.29 is 0 Å². The van der Waals surface area contributed by atoms with Gasteiger partial charge in [-0.2, -0.15) is 0 Å². The number of fused-ring (bicyclic) bond motifs is 1. The van der Waals surface area contributed by atoms with Crippen molar-refractivity contribution in [2.45, 2.75) is 26.3 Å². The second-order valence-electron chi connectivity index (χ2n) is 2.86. The maximum atomic E-state index is 4.02. The molecule has 4 nitrogen and oxygen atoms in total. The topological polar surface area (TPSA) is 42.7 Å². The third-order valence-electron chi connectivity index (χ3n) is 2.03. The molecule has 0 saturated heterocycles. The molecule has 0 spiro atoms. The van der Waals surface area contributed by atoms with E-state index >= 15 is 0 Å². The molecule has 2 rings (SSSR count). The van der Waals surface area contributed by atoms with Gasteiger partial charge in [-0.1, -0.05) is 0 Å². The second kappa shape index (κ2) is 2.53. The fourth-order valence-corrected chi connectivity index (χ4v) is 1.37. The van der Waals surface area contributed by atoms with Gasteiger partial charge in [0.1, 0.15) is 5.82 Å². The van der Waals surface area contributed by atoms with Crippen molar-refractivity contribution in [2.75, 3.05) is 11.9 Å². The molecule has 60 valence electrons. The van der Waals surface area contributed by atoms with Crippen LogP contribution in [-0.2, 0) is 6.54 Å². The Morgan fingerprint density at radius 2 is 2.27 bits per heavy atom. The van der Waals surface area contributed by atoms with Crippen LogP contribution in [0.2, 0.25) is 0 Å². The van der Waals surface area contributed by atoms with Crippen LogP contribution in [0.3, 0.4) is 0 Å². The Kier molecular flexibility index (Phi) is 1.52. The molecule has 0 aliphatic carbocycles. The van der Waals surface area contributed by atoms with Gasteiger partial charge in [-0.15, -0.1) is 10.2 Å². The number of aryl methyl sites for hydroxylation is 1. The molecule has 1 N–H and O–H groups in total. The zero-order valence-electron chi connectivity index (χ0n) is 6.67. The lowest BCUT2D eigenvalue weighted by molar-refractivity contribution is 0.637. The minimum absolute atomic E-state index is 0.931. The summed E-state index contributed by atoms with van der Waals surface area (Å²) < 4.78 is 2.13. The Hall–Kier alpha value is -1.06. The summed E-state index contributed by atoms with van der Waals surface area (Å²) in [6.45, 7) is 4.07. The number of rotatable bonds is 0. The van der Waals surface area contributed by atoms with Crippen molar-refractivity contribution in [2.24, 2.45) is 0 Å². The summed E-state index contributed by atoms with van der Waals surface area (Å²) in [5, 5.41) is 11.2. The SMILES string of the molecule is Cc1nnc2n1CCCCN2. The normalized spacial score (nSPS) is 16.8. The zero-order valence-corrected chi connectivity index (χ0v) is 6.67. The first-order valence-electron chi connectivity index (χ1n) is 4.01. The summed E-state index contributed by atoms with van der Waals surface area (Å²) in [6, 6.07) is 0. The van der Waals surface area contributed by atoms with Gasteiger partial charge in [0.15, 0.2) is 0 Å². The smallest absolute Gasteiger partial charge is 0.224 e. The highest BCUT2D eigenvalue weighted by Crippen LogP contribution is 2.12. The van der Waals surface area contributed by atoms with E-state index in [2.05, 4.69) is 20.1 Å². The van der Waals surface area contributed by atoms with Crippen LogP contribution in [0.5, 0.6) is 0 Å². The van der Waals surface area contributed by atoms with Gasteiger partial charge in [0.05, 0.1) is 0 Å². The Balaban J connectivity index is 2.35. The Morgan fingerprint density at radius 1 is 1.36 bits per heavy atom. The van der Waals surface area contributed by atoms with E-state index in [0.717, 1.165) is 24.9 Å². The molecule has 1 aromatic rings. The molecule has 0 unspecified atom stereocenters. The predicted octanol–water partition coefficient (Wildman–Crippen LogP) is 0.792. The fourth-order valence-electron chi connectivity index (χ4n) is 1.37. The van der Waals surface area contributed by atoms with Gasteiger partial charge >= 0.3 is 0 Å². The quantitative estimate of drug-likeness (QED) is 0.597. The van der Waals surface area contributed by atoms with Crippen LogP contribution in [0, 0.1) is 6.92 Å². The van der Waals surface area contributed by atoms with Crippen molar-refractivity contribution in [1.82, 2.24) is 14.8 Å². The lowest BCUT2D eigenvalue weighted by Gasteiger charge is -2.01. The minimum atomic E-state index is 0.931. The minimum Gasteiger partial charge on any atom is -0.354 e. The Morgan fingerprint density at radius 3 is 3.18 bits per heavy atom. The highest BCUT2D eigenvalue weighted by Gasteiger charge is 2.09. The van der Waals surface area contributed by atoms with Crippen LogP contribution in [0.1, 0.15) is 18.7 Å². The standard InChI is InChI=1S/C7H12N4/c1-6-9-10-7-8-4-2-3-5-11(6)7/h2-5H2,1H3,(H,8,10). The van der Waals surface area contributed by atoms with Crippen molar-refractivity contribution in [3.8, 4) is 0 Å². The average molecular weight is 152 g/mol. The number of nitrogens with zero attached hydrogens (tertiary/aromatic N) is 3. The van der Waals surface area contributed by atoms with Gasteiger partial charge < -0.3 is 5.32 Å². The monoisotopic (exact) mass is 152 g/mol. The largest absolute Gasteiger partial charge is 0.354 e. The molecule has 4 heteroatoms. The molecule has 1 aromatic heterocycles. The molecule has 0 saturated carbocycles. The highest BCUT2D eigenvalue weighted by atomic mass is 15.3. The van der Waals surface area contributed by atoms with Gasteiger partial charge in [-0.25, -0.2) is 0 Å². The van der Waals surface area contributed by atoms with Gasteiger partial charge in [0.25, 0.3) is 0 Å². The summed E-state index contributed by atoms with van der Waals surface area (Å²) in [6.07, 6.45) is 2.45. The molecule has 0 atom stereocenters. The number of hydrogen-bond donors (Lipinski definition) is 1. The van der Waals surface area contributed by atoms with Crippen LogP contribution in [-0.4, -0.2) is 21.3 Å². The zero-order chi connectivity index (χ0) is 7.68. The fraction of sp³-hybridized carbons (Fsp3) is 0.714. The van der Waals surface area contributed by atoms with E-state index in [1.54, 1.807) is 0 Å². The maximum Gasteiger partial charge on any atom is 0.224 e. The number of aromatic nitrogens is 3. The second-order valence-corrected chi connectivity index (χ2v) is 2.86. The lowest BCUT2D eigenvalue weighted by Crippen LogP contribution is -2.03. The van der Waals surface area contributed by atoms with Crippen molar-refractivity contribution >= 4 is 5.95 Å². The third-order valence-corrected chi connectivity index (χ3v) is 2.03. The number of nitrogens with one attached hydrogen (secondary N) is 1.